The van der Waals surface area contributed by atoms with Crippen molar-refractivity contribution in [3.8, 4) is 0 Å². The molecule has 0 aliphatic carbocycles. The molecule has 1 heterocycles. The van der Waals surface area contributed by atoms with Crippen molar-refractivity contribution in [3.63, 3.8) is 0 Å². The van der Waals surface area contributed by atoms with Crippen molar-refractivity contribution < 1.29 is 9.53 Å². The van der Waals surface area contributed by atoms with Gasteiger partial charge < -0.3 is 15.8 Å². The predicted molar refractivity (Wildman–Crippen MR) is 82.9 cm³/mol. The van der Waals surface area contributed by atoms with E-state index in [2.05, 4.69) is 10.3 Å². The van der Waals surface area contributed by atoms with Crippen LogP contribution < -0.4 is 11.1 Å². The molecule has 0 aliphatic rings. The van der Waals surface area contributed by atoms with Gasteiger partial charge in [-0.2, -0.15) is 0 Å². The van der Waals surface area contributed by atoms with Crippen molar-refractivity contribution >= 4 is 17.0 Å². The van der Waals surface area contributed by atoms with Crippen LogP contribution in [-0.4, -0.2) is 23.2 Å². The number of carbonyl (C=O) groups excluding carboxylic acids is 1. The van der Waals surface area contributed by atoms with Crippen molar-refractivity contribution in [1.82, 2.24) is 10.3 Å². The van der Waals surface area contributed by atoms with E-state index in [1.165, 1.54) is 0 Å². The average molecular weight is 287 g/mol. The number of para-hydroxylation sites is 1. The molecule has 3 N–H and O–H groups in total. The van der Waals surface area contributed by atoms with Gasteiger partial charge in [-0.1, -0.05) is 24.3 Å². The SMILES string of the molecule is CC(C)(C)OC(=O)NC(CN)c1ccc2ccccc2n1. The number of hydrogen-bond donors (Lipinski definition) is 2. The summed E-state index contributed by atoms with van der Waals surface area (Å²) < 4.78 is 5.25. The van der Waals surface area contributed by atoms with Crippen molar-refractivity contribution in [2.24, 2.45) is 5.73 Å². The van der Waals surface area contributed by atoms with Crippen LogP contribution in [0.1, 0.15) is 32.5 Å². The molecule has 1 atom stereocenters. The van der Waals surface area contributed by atoms with Crippen LogP contribution >= 0.6 is 0 Å². The molecule has 21 heavy (non-hydrogen) atoms. The maximum Gasteiger partial charge on any atom is 0.408 e. The van der Waals surface area contributed by atoms with Crippen molar-refractivity contribution in [2.45, 2.75) is 32.4 Å². The highest BCUT2D eigenvalue weighted by molar-refractivity contribution is 5.78. The summed E-state index contributed by atoms with van der Waals surface area (Å²) in [5, 5.41) is 3.81. The van der Waals surface area contributed by atoms with Crippen molar-refractivity contribution in [1.29, 1.82) is 0 Å². The van der Waals surface area contributed by atoms with Gasteiger partial charge in [0.2, 0.25) is 0 Å². The van der Waals surface area contributed by atoms with E-state index in [0.29, 0.717) is 0 Å². The van der Waals surface area contributed by atoms with E-state index in [1.54, 1.807) is 0 Å². The zero-order valence-corrected chi connectivity index (χ0v) is 12.6. The van der Waals surface area contributed by atoms with Gasteiger partial charge in [-0.25, -0.2) is 4.79 Å². The number of benzene rings is 1. The maximum atomic E-state index is 11.8. The van der Waals surface area contributed by atoms with E-state index in [0.717, 1.165) is 16.6 Å². The number of ether oxygens (including phenoxy) is 1. The van der Waals surface area contributed by atoms with Crippen LogP contribution in [0.15, 0.2) is 36.4 Å². The lowest BCUT2D eigenvalue weighted by molar-refractivity contribution is 0.0504. The zero-order valence-electron chi connectivity index (χ0n) is 12.6. The molecule has 112 valence electrons. The molecule has 1 unspecified atom stereocenters. The number of carbonyl (C=O) groups is 1. The molecule has 0 spiro atoms. The second kappa shape index (κ2) is 6.10. The summed E-state index contributed by atoms with van der Waals surface area (Å²) in [5.41, 5.74) is 6.81. The Morgan fingerprint density at radius 2 is 2.00 bits per heavy atom. The third-order valence-corrected chi connectivity index (χ3v) is 2.90. The van der Waals surface area contributed by atoms with Gasteiger partial charge in [0.05, 0.1) is 17.3 Å². The Morgan fingerprint density at radius 1 is 1.29 bits per heavy atom. The Bertz CT molecular complexity index is 635. The molecule has 2 aromatic rings. The molecule has 0 fully saturated rings. The van der Waals surface area contributed by atoms with Gasteiger partial charge in [0.15, 0.2) is 0 Å². The predicted octanol–water partition coefficient (Wildman–Crippen LogP) is 2.76. The molecule has 0 saturated heterocycles. The minimum absolute atomic E-state index is 0.255. The Kier molecular flexibility index (Phi) is 4.43. The summed E-state index contributed by atoms with van der Waals surface area (Å²) in [5.74, 6) is 0. The van der Waals surface area contributed by atoms with Crippen LogP contribution in [-0.2, 0) is 4.74 Å². The second-order valence-electron chi connectivity index (χ2n) is 5.86. The minimum Gasteiger partial charge on any atom is -0.444 e. The number of hydrogen-bond acceptors (Lipinski definition) is 4. The maximum absolute atomic E-state index is 11.8. The lowest BCUT2D eigenvalue weighted by Crippen LogP contribution is -2.38. The van der Waals surface area contributed by atoms with Crippen LogP contribution in [0.5, 0.6) is 0 Å². The monoisotopic (exact) mass is 287 g/mol. The fourth-order valence-electron chi connectivity index (χ4n) is 1.98. The van der Waals surface area contributed by atoms with Crippen LogP contribution in [0.2, 0.25) is 0 Å². The summed E-state index contributed by atoms with van der Waals surface area (Å²) in [6.45, 7) is 5.71. The molecule has 5 nitrogen and oxygen atoms in total. The summed E-state index contributed by atoms with van der Waals surface area (Å²) in [6.07, 6.45) is -0.493. The standard InChI is InChI=1S/C16H21N3O2/c1-16(2,3)21-15(20)19-14(10-17)13-9-8-11-6-4-5-7-12(11)18-13/h4-9,14H,10,17H2,1-3H3,(H,19,20). The van der Waals surface area contributed by atoms with Gasteiger partial charge in [-0.15, -0.1) is 0 Å². The molecule has 2 rings (SSSR count). The topological polar surface area (TPSA) is 77.2 Å². The van der Waals surface area contributed by atoms with Crippen LogP contribution in [0.4, 0.5) is 4.79 Å². The number of pyridine rings is 1. The normalized spacial score (nSPS) is 13.0. The highest BCUT2D eigenvalue weighted by Gasteiger charge is 2.20. The summed E-state index contributed by atoms with van der Waals surface area (Å²) >= 11 is 0. The number of amides is 1. The van der Waals surface area contributed by atoms with Gasteiger partial charge >= 0.3 is 6.09 Å². The number of nitrogens with two attached hydrogens (primary N) is 1. The molecule has 1 aromatic carbocycles. The first-order chi connectivity index (χ1) is 9.89. The third kappa shape index (κ3) is 4.16. The average Bonchev–Trinajstić information content (AvgIpc) is 2.42. The van der Waals surface area contributed by atoms with E-state index in [4.69, 9.17) is 10.5 Å². The van der Waals surface area contributed by atoms with Crippen LogP contribution in [0, 0.1) is 0 Å². The first-order valence-electron chi connectivity index (χ1n) is 6.94. The smallest absolute Gasteiger partial charge is 0.408 e. The summed E-state index contributed by atoms with van der Waals surface area (Å²) in [4.78, 5) is 16.4. The Morgan fingerprint density at radius 3 is 2.67 bits per heavy atom. The molecule has 1 amide bonds. The second-order valence-corrected chi connectivity index (χ2v) is 5.86. The molecular formula is C16H21N3O2. The first-order valence-corrected chi connectivity index (χ1v) is 6.94. The van der Waals surface area contributed by atoms with E-state index >= 15 is 0 Å². The molecule has 0 radical (unpaired) electrons. The number of aromatic nitrogens is 1. The Labute approximate surface area is 124 Å². The third-order valence-electron chi connectivity index (χ3n) is 2.90. The lowest BCUT2D eigenvalue weighted by Gasteiger charge is -2.23. The number of alkyl carbamates (subject to hydrolysis) is 1. The fourth-order valence-corrected chi connectivity index (χ4v) is 1.98. The largest absolute Gasteiger partial charge is 0.444 e. The van der Waals surface area contributed by atoms with E-state index < -0.39 is 11.7 Å². The van der Waals surface area contributed by atoms with E-state index in [9.17, 15) is 4.79 Å². The summed E-state index contributed by atoms with van der Waals surface area (Å²) in [6, 6.07) is 11.3. The number of rotatable bonds is 3. The number of nitrogens with zero attached hydrogens (tertiary/aromatic N) is 1. The van der Waals surface area contributed by atoms with Crippen molar-refractivity contribution in [2.75, 3.05) is 6.54 Å². The van der Waals surface area contributed by atoms with Gasteiger partial charge in [-0.3, -0.25) is 4.98 Å². The molecule has 1 aromatic heterocycles. The Hall–Kier alpha value is -2.14. The molecular weight excluding hydrogens is 266 g/mol. The summed E-state index contributed by atoms with van der Waals surface area (Å²) in [7, 11) is 0. The van der Waals surface area contributed by atoms with E-state index in [-0.39, 0.29) is 12.6 Å². The lowest BCUT2D eigenvalue weighted by atomic mass is 10.1. The molecule has 0 bridgehead atoms. The van der Waals surface area contributed by atoms with Crippen LogP contribution in [0.25, 0.3) is 10.9 Å². The highest BCUT2D eigenvalue weighted by atomic mass is 16.6. The quantitative estimate of drug-likeness (QED) is 0.910. The Balaban J connectivity index is 2.17. The number of fused-ring (bicyclic) bond motifs is 1. The first kappa shape index (κ1) is 15.3. The van der Waals surface area contributed by atoms with Gasteiger partial charge in [0.25, 0.3) is 0 Å². The van der Waals surface area contributed by atoms with Gasteiger partial charge in [-0.05, 0) is 32.9 Å². The molecule has 5 heteroatoms. The van der Waals surface area contributed by atoms with Gasteiger partial charge in [0.1, 0.15) is 5.60 Å². The fraction of sp³-hybridized carbons (Fsp3) is 0.375. The van der Waals surface area contributed by atoms with Crippen LogP contribution in [0.3, 0.4) is 0 Å². The van der Waals surface area contributed by atoms with Crippen molar-refractivity contribution in [3.05, 3.63) is 42.1 Å². The molecule has 0 aliphatic heterocycles. The zero-order chi connectivity index (χ0) is 15.5. The highest BCUT2D eigenvalue weighted by Crippen LogP contribution is 2.17. The number of nitrogens with one attached hydrogen (secondary N) is 1. The van der Waals surface area contributed by atoms with Gasteiger partial charge in [0, 0.05) is 11.9 Å². The van der Waals surface area contributed by atoms with E-state index in [1.807, 2.05) is 57.2 Å². The minimum atomic E-state index is -0.542. The molecule has 0 saturated carbocycles.